The zero-order valence-electron chi connectivity index (χ0n) is 16.0. The van der Waals surface area contributed by atoms with Crippen LogP contribution in [0.25, 0.3) is 5.57 Å². The van der Waals surface area contributed by atoms with E-state index < -0.39 is 0 Å². The minimum Gasteiger partial charge on any atom is -0.508 e. The maximum atomic E-state index is 12.2. The van der Waals surface area contributed by atoms with E-state index in [1.54, 1.807) is 0 Å². The second-order valence-electron chi connectivity index (χ2n) is 8.62. The van der Waals surface area contributed by atoms with E-state index in [1.165, 1.54) is 16.7 Å². The van der Waals surface area contributed by atoms with Gasteiger partial charge < -0.3 is 9.84 Å². The third kappa shape index (κ3) is 2.86. The lowest BCUT2D eigenvalue weighted by molar-refractivity contribution is -0.155. The average molecular weight is 354 g/mol. The standard InChI is InChI=1S/C23H30O3/c1-3-4-5-22(25)26-21-11-10-20-19-8-6-15-14-16(24)7-9-17(15)18(19)12-13-23(20,21)2/h7,9,12,14,19-21,24H,3-6,8,10-11,13H2,1-2H3/t19-,20+,21+,23+/m1/s1. The predicted octanol–water partition coefficient (Wildman–Crippen LogP) is 5.26. The van der Waals surface area contributed by atoms with Gasteiger partial charge in [-0.1, -0.05) is 32.4 Å². The highest BCUT2D eigenvalue weighted by Crippen LogP contribution is 2.59. The van der Waals surface area contributed by atoms with E-state index in [0.717, 1.165) is 44.9 Å². The first-order valence-electron chi connectivity index (χ1n) is 10.2. The van der Waals surface area contributed by atoms with Crippen molar-refractivity contribution in [3.63, 3.8) is 0 Å². The van der Waals surface area contributed by atoms with E-state index in [4.69, 9.17) is 4.74 Å². The number of hydrogen-bond acceptors (Lipinski definition) is 3. The molecule has 1 aromatic carbocycles. The Morgan fingerprint density at radius 1 is 1.31 bits per heavy atom. The molecule has 0 spiro atoms. The number of phenols is 1. The summed E-state index contributed by atoms with van der Waals surface area (Å²) in [4.78, 5) is 12.2. The molecule has 0 heterocycles. The molecule has 140 valence electrons. The van der Waals surface area contributed by atoms with Crippen molar-refractivity contribution < 1.29 is 14.6 Å². The fraction of sp³-hybridized carbons (Fsp3) is 0.609. The van der Waals surface area contributed by atoms with Crippen LogP contribution in [0.1, 0.15) is 69.9 Å². The van der Waals surface area contributed by atoms with Crippen molar-refractivity contribution in [2.24, 2.45) is 17.3 Å². The van der Waals surface area contributed by atoms with Crippen LogP contribution in [0.2, 0.25) is 0 Å². The van der Waals surface area contributed by atoms with Crippen molar-refractivity contribution in [3.8, 4) is 5.75 Å². The number of fused-ring (bicyclic) bond motifs is 5. The van der Waals surface area contributed by atoms with E-state index in [-0.39, 0.29) is 17.5 Å². The largest absolute Gasteiger partial charge is 0.508 e. The van der Waals surface area contributed by atoms with E-state index in [9.17, 15) is 9.90 Å². The molecule has 3 nitrogen and oxygen atoms in total. The van der Waals surface area contributed by atoms with Gasteiger partial charge in [-0.25, -0.2) is 0 Å². The highest BCUT2D eigenvalue weighted by molar-refractivity contribution is 5.74. The van der Waals surface area contributed by atoms with Crippen LogP contribution >= 0.6 is 0 Å². The molecule has 0 saturated heterocycles. The molecule has 3 heteroatoms. The van der Waals surface area contributed by atoms with Gasteiger partial charge in [-0.05, 0) is 79.2 Å². The monoisotopic (exact) mass is 354 g/mol. The number of phenolic OH excluding ortho intramolecular Hbond substituents is 1. The molecule has 0 unspecified atom stereocenters. The highest BCUT2D eigenvalue weighted by atomic mass is 16.5. The van der Waals surface area contributed by atoms with E-state index in [1.807, 2.05) is 12.1 Å². The van der Waals surface area contributed by atoms with Crippen LogP contribution in [-0.4, -0.2) is 17.2 Å². The van der Waals surface area contributed by atoms with Crippen LogP contribution < -0.4 is 0 Å². The van der Waals surface area contributed by atoms with Crippen molar-refractivity contribution in [1.29, 1.82) is 0 Å². The molecule has 26 heavy (non-hydrogen) atoms. The second kappa shape index (κ2) is 6.75. The maximum Gasteiger partial charge on any atom is 0.306 e. The van der Waals surface area contributed by atoms with Gasteiger partial charge >= 0.3 is 5.97 Å². The predicted molar refractivity (Wildman–Crippen MR) is 103 cm³/mol. The van der Waals surface area contributed by atoms with Gasteiger partial charge in [-0.3, -0.25) is 4.79 Å². The van der Waals surface area contributed by atoms with E-state index in [0.29, 0.717) is 24.0 Å². The van der Waals surface area contributed by atoms with Crippen LogP contribution in [0.4, 0.5) is 0 Å². The first kappa shape index (κ1) is 17.6. The molecular formula is C23H30O3. The number of carbonyl (C=O) groups excluding carboxylic acids is 1. The van der Waals surface area contributed by atoms with Crippen molar-refractivity contribution in [2.45, 2.75) is 71.3 Å². The average Bonchev–Trinajstić information content (AvgIpc) is 2.96. The number of hydrogen-bond donors (Lipinski definition) is 1. The fourth-order valence-corrected chi connectivity index (χ4v) is 5.65. The van der Waals surface area contributed by atoms with Crippen molar-refractivity contribution >= 4 is 11.5 Å². The number of esters is 1. The first-order chi connectivity index (χ1) is 12.5. The number of carbonyl (C=O) groups is 1. The van der Waals surface area contributed by atoms with E-state index in [2.05, 4.69) is 26.0 Å². The van der Waals surface area contributed by atoms with Gasteiger partial charge in [0.15, 0.2) is 0 Å². The van der Waals surface area contributed by atoms with Crippen LogP contribution in [-0.2, 0) is 16.0 Å². The molecule has 1 fully saturated rings. The van der Waals surface area contributed by atoms with Gasteiger partial charge in [0.1, 0.15) is 11.9 Å². The highest BCUT2D eigenvalue weighted by Gasteiger charge is 2.53. The lowest BCUT2D eigenvalue weighted by Gasteiger charge is -2.46. The molecule has 4 rings (SSSR count). The molecule has 0 bridgehead atoms. The number of allylic oxidation sites excluding steroid dienone is 2. The minimum absolute atomic E-state index is 0.0158. The molecule has 3 aliphatic carbocycles. The Balaban J connectivity index is 1.57. The lowest BCUT2D eigenvalue weighted by Crippen LogP contribution is -2.41. The summed E-state index contributed by atoms with van der Waals surface area (Å²) >= 11 is 0. The molecule has 4 atom stereocenters. The molecule has 0 aromatic heterocycles. The van der Waals surface area contributed by atoms with Crippen LogP contribution in [0, 0.1) is 17.3 Å². The normalized spacial score (nSPS) is 32.2. The molecule has 0 aliphatic heterocycles. The Morgan fingerprint density at radius 2 is 2.15 bits per heavy atom. The Bertz CT molecular complexity index is 735. The summed E-state index contributed by atoms with van der Waals surface area (Å²) in [6.07, 6.45) is 10.3. The molecule has 1 aromatic rings. The second-order valence-corrected chi connectivity index (χ2v) is 8.62. The molecule has 3 aliphatic rings. The summed E-state index contributed by atoms with van der Waals surface area (Å²) < 4.78 is 5.95. The van der Waals surface area contributed by atoms with Crippen LogP contribution in [0.3, 0.4) is 0 Å². The molecule has 0 amide bonds. The van der Waals surface area contributed by atoms with Crippen LogP contribution in [0.15, 0.2) is 24.3 Å². The summed E-state index contributed by atoms with van der Waals surface area (Å²) in [7, 11) is 0. The molecular weight excluding hydrogens is 324 g/mol. The van der Waals surface area contributed by atoms with Crippen molar-refractivity contribution in [1.82, 2.24) is 0 Å². The zero-order chi connectivity index (χ0) is 18.3. The number of aryl methyl sites for hydroxylation is 1. The summed E-state index contributed by atoms with van der Waals surface area (Å²) in [5.74, 6) is 1.50. The Labute approximate surface area is 156 Å². The van der Waals surface area contributed by atoms with Gasteiger partial charge in [0, 0.05) is 11.8 Å². The third-order valence-corrected chi connectivity index (χ3v) is 7.10. The summed E-state index contributed by atoms with van der Waals surface area (Å²) in [5, 5.41) is 9.79. The number of benzene rings is 1. The summed E-state index contributed by atoms with van der Waals surface area (Å²) in [5.41, 5.74) is 4.14. The van der Waals surface area contributed by atoms with E-state index >= 15 is 0 Å². The van der Waals surface area contributed by atoms with Gasteiger partial charge in [0.25, 0.3) is 0 Å². The number of ether oxygens (including phenoxy) is 1. The number of aromatic hydroxyl groups is 1. The zero-order valence-corrected chi connectivity index (χ0v) is 16.0. The van der Waals surface area contributed by atoms with Crippen LogP contribution in [0.5, 0.6) is 5.75 Å². The number of rotatable bonds is 4. The maximum absolute atomic E-state index is 12.2. The summed E-state index contributed by atoms with van der Waals surface area (Å²) in [6, 6.07) is 5.82. The number of unbranched alkanes of at least 4 members (excludes halogenated alkanes) is 1. The third-order valence-electron chi connectivity index (χ3n) is 7.10. The molecule has 1 N–H and O–H groups in total. The first-order valence-corrected chi connectivity index (χ1v) is 10.2. The Hall–Kier alpha value is -1.77. The smallest absolute Gasteiger partial charge is 0.306 e. The SMILES string of the molecule is CCCCC(=O)O[C@H]1CC[C@H]2[C@@H]3CCc4cc(O)ccc4C3=CC[C@]12C. The van der Waals surface area contributed by atoms with Crippen molar-refractivity contribution in [3.05, 3.63) is 35.4 Å². The quantitative estimate of drug-likeness (QED) is 0.750. The van der Waals surface area contributed by atoms with Gasteiger partial charge in [0.05, 0.1) is 0 Å². The Morgan fingerprint density at radius 3 is 2.96 bits per heavy atom. The minimum atomic E-state index is -0.0158. The summed E-state index contributed by atoms with van der Waals surface area (Å²) in [6.45, 7) is 4.44. The molecule has 1 saturated carbocycles. The van der Waals surface area contributed by atoms with Gasteiger partial charge in [0.2, 0.25) is 0 Å². The van der Waals surface area contributed by atoms with Crippen molar-refractivity contribution in [2.75, 3.05) is 0 Å². The van der Waals surface area contributed by atoms with Gasteiger partial charge in [-0.15, -0.1) is 0 Å². The fourth-order valence-electron chi connectivity index (χ4n) is 5.65. The van der Waals surface area contributed by atoms with Gasteiger partial charge in [-0.2, -0.15) is 0 Å². The molecule has 0 radical (unpaired) electrons. The topological polar surface area (TPSA) is 46.5 Å². The Kier molecular flexibility index (Phi) is 4.58. The lowest BCUT2D eigenvalue weighted by atomic mass is 9.60.